The average Bonchev–Trinajstić information content (AvgIpc) is 2.82. The molecule has 0 aromatic carbocycles. The Bertz CT molecular complexity index is 871. The summed E-state index contributed by atoms with van der Waals surface area (Å²) in [4.78, 5) is 30.8. The Balaban J connectivity index is 2.39. The third kappa shape index (κ3) is 14.2. The van der Waals surface area contributed by atoms with Gasteiger partial charge in [-0.15, -0.1) is 11.8 Å². The Morgan fingerprint density at radius 2 is 1.47 bits per heavy atom. The largest absolute Gasteiger partial charge is 0.480 e. The summed E-state index contributed by atoms with van der Waals surface area (Å²) in [6, 6.07) is -0.935. The molecule has 0 aliphatic rings. The van der Waals surface area contributed by atoms with Crippen molar-refractivity contribution >= 4 is 29.6 Å². The van der Waals surface area contributed by atoms with Crippen LogP contribution in [0.2, 0.25) is 0 Å². The van der Waals surface area contributed by atoms with E-state index < -0.39 is 22.7 Å². The molecule has 0 saturated heterocycles. The maximum atomic E-state index is 12.0. The van der Waals surface area contributed by atoms with Crippen molar-refractivity contribution in [3.8, 4) is 0 Å². The van der Waals surface area contributed by atoms with Gasteiger partial charge in [0, 0.05) is 22.9 Å². The van der Waals surface area contributed by atoms with Gasteiger partial charge in [-0.25, -0.2) is 19.6 Å². The Kier molecular flexibility index (Phi) is 15.6. The van der Waals surface area contributed by atoms with E-state index in [1.54, 1.807) is 11.8 Å². The number of anilines is 1. The van der Waals surface area contributed by atoms with Crippen LogP contribution in [0, 0.1) is 17.8 Å². The number of aromatic carboxylic acids is 1. The summed E-state index contributed by atoms with van der Waals surface area (Å²) >= 11 is 1.56. The summed E-state index contributed by atoms with van der Waals surface area (Å²) < 4.78 is -0.641. The Morgan fingerprint density at radius 1 is 0.947 bits per heavy atom. The lowest BCUT2D eigenvalue weighted by Gasteiger charge is -2.31. The first-order valence-electron chi connectivity index (χ1n) is 14.2. The molecular weight excluding hydrogens is 498 g/mol. The highest BCUT2D eigenvalue weighted by Crippen LogP contribution is 2.31. The predicted octanol–water partition coefficient (Wildman–Crippen LogP) is 7.94. The van der Waals surface area contributed by atoms with Crippen LogP contribution in [0.1, 0.15) is 117 Å². The molecular formula is C30H51N3O4S. The summed E-state index contributed by atoms with van der Waals surface area (Å²) in [5.74, 6) is 1.09. The molecule has 8 heteroatoms. The van der Waals surface area contributed by atoms with Crippen LogP contribution < -0.4 is 5.32 Å². The number of thioether (sulfide) groups is 1. The molecule has 0 radical (unpaired) electrons. The first-order chi connectivity index (χ1) is 17.8. The van der Waals surface area contributed by atoms with E-state index in [1.807, 2.05) is 13.8 Å². The molecule has 0 amide bonds. The van der Waals surface area contributed by atoms with Gasteiger partial charge in [-0.1, -0.05) is 84.3 Å². The van der Waals surface area contributed by atoms with E-state index in [4.69, 9.17) is 5.11 Å². The standard InChI is InChI=1S/C30H51N3O4S/c1-21(2)11-8-12-22(3)13-9-14-23(4)15-10-16-24(5)17-18-38-30(6,7)26(28(36)37)33-29-31-19-25(20-32-29)27(34)35/h17,19-23,26H,8-16,18H2,1-7H3,(H,34,35)(H,36,37)(H,31,32,33)/b24-17+/t22?,23?,26-/m1/s1. The summed E-state index contributed by atoms with van der Waals surface area (Å²) in [6.45, 7) is 15.3. The van der Waals surface area contributed by atoms with Gasteiger partial charge in [0.2, 0.25) is 5.95 Å². The fourth-order valence-electron chi connectivity index (χ4n) is 4.47. The number of carbonyl (C=O) groups is 2. The third-order valence-corrected chi connectivity index (χ3v) is 8.45. The zero-order valence-corrected chi connectivity index (χ0v) is 25.4. The van der Waals surface area contributed by atoms with Crippen molar-refractivity contribution in [2.45, 2.75) is 117 Å². The minimum absolute atomic E-state index is 0.0480. The van der Waals surface area contributed by atoms with Crippen LogP contribution in [0.15, 0.2) is 24.0 Å². The second-order valence-corrected chi connectivity index (χ2v) is 13.5. The fourth-order valence-corrected chi connectivity index (χ4v) is 5.59. The topological polar surface area (TPSA) is 112 Å². The summed E-state index contributed by atoms with van der Waals surface area (Å²) in [5, 5.41) is 21.6. The fraction of sp³-hybridized carbons (Fsp3) is 0.733. The Hall–Kier alpha value is -2.09. The molecule has 3 atom stereocenters. The Morgan fingerprint density at radius 3 is 1.97 bits per heavy atom. The molecule has 7 nitrogen and oxygen atoms in total. The molecule has 1 aromatic heterocycles. The number of carboxylic acids is 2. The van der Waals surface area contributed by atoms with Gasteiger partial charge in [-0.2, -0.15) is 0 Å². The molecule has 2 unspecified atom stereocenters. The number of hydrogen-bond donors (Lipinski definition) is 3. The number of hydrogen-bond acceptors (Lipinski definition) is 6. The van der Waals surface area contributed by atoms with E-state index in [-0.39, 0.29) is 11.5 Å². The number of nitrogens with one attached hydrogen (secondary N) is 1. The van der Waals surface area contributed by atoms with Gasteiger partial charge in [0.25, 0.3) is 0 Å². The van der Waals surface area contributed by atoms with Crippen molar-refractivity contribution in [3.63, 3.8) is 0 Å². The second-order valence-electron chi connectivity index (χ2n) is 11.8. The quantitative estimate of drug-likeness (QED) is 0.141. The van der Waals surface area contributed by atoms with Crippen LogP contribution in [-0.4, -0.2) is 48.7 Å². The van der Waals surface area contributed by atoms with E-state index in [1.165, 1.54) is 69.3 Å². The van der Waals surface area contributed by atoms with Gasteiger partial charge in [0.05, 0.1) is 5.56 Å². The number of rotatable bonds is 20. The predicted molar refractivity (Wildman–Crippen MR) is 159 cm³/mol. The van der Waals surface area contributed by atoms with Crippen LogP contribution in [0.5, 0.6) is 0 Å². The molecule has 38 heavy (non-hydrogen) atoms. The molecule has 0 fully saturated rings. The van der Waals surface area contributed by atoms with E-state index in [0.717, 1.165) is 24.2 Å². The zero-order chi connectivity index (χ0) is 28.7. The number of carboxylic acid groups (broad SMARTS) is 2. The normalized spacial score (nSPS) is 14.8. The number of aromatic nitrogens is 2. The van der Waals surface area contributed by atoms with Gasteiger partial charge in [0.1, 0.15) is 6.04 Å². The molecule has 0 aliphatic heterocycles. The minimum atomic E-state index is -1.13. The lowest BCUT2D eigenvalue weighted by Crippen LogP contribution is -2.46. The highest BCUT2D eigenvalue weighted by atomic mass is 32.2. The van der Waals surface area contributed by atoms with Gasteiger partial charge in [0.15, 0.2) is 0 Å². The van der Waals surface area contributed by atoms with Crippen molar-refractivity contribution in [1.29, 1.82) is 0 Å². The summed E-state index contributed by atoms with van der Waals surface area (Å²) in [5.41, 5.74) is 1.29. The van der Waals surface area contributed by atoms with E-state index in [9.17, 15) is 14.7 Å². The first kappa shape index (κ1) is 33.9. The smallest absolute Gasteiger partial charge is 0.338 e. The molecule has 0 spiro atoms. The molecule has 1 aromatic rings. The lowest BCUT2D eigenvalue weighted by molar-refractivity contribution is -0.138. The van der Waals surface area contributed by atoms with E-state index in [2.05, 4.69) is 56.0 Å². The number of allylic oxidation sites excluding steroid dienone is 1. The summed E-state index contributed by atoms with van der Waals surface area (Å²) in [6.07, 6.45) is 16.1. The third-order valence-electron chi connectivity index (χ3n) is 7.14. The van der Waals surface area contributed by atoms with Crippen molar-refractivity contribution < 1.29 is 19.8 Å². The van der Waals surface area contributed by atoms with Crippen LogP contribution in [0.3, 0.4) is 0 Å². The van der Waals surface area contributed by atoms with Gasteiger partial charge < -0.3 is 15.5 Å². The van der Waals surface area contributed by atoms with Gasteiger partial charge in [-0.3, -0.25) is 0 Å². The van der Waals surface area contributed by atoms with Crippen LogP contribution in [0.25, 0.3) is 0 Å². The number of aliphatic carboxylic acids is 1. The van der Waals surface area contributed by atoms with Crippen molar-refractivity contribution in [2.75, 3.05) is 11.1 Å². The lowest BCUT2D eigenvalue weighted by atomic mass is 9.91. The monoisotopic (exact) mass is 549 g/mol. The minimum Gasteiger partial charge on any atom is -0.480 e. The van der Waals surface area contributed by atoms with E-state index >= 15 is 0 Å². The highest BCUT2D eigenvalue weighted by molar-refractivity contribution is 8.00. The molecule has 1 heterocycles. The molecule has 0 aliphatic carbocycles. The van der Waals surface area contributed by atoms with Gasteiger partial charge >= 0.3 is 11.9 Å². The summed E-state index contributed by atoms with van der Waals surface area (Å²) in [7, 11) is 0. The molecule has 3 N–H and O–H groups in total. The molecule has 1 rings (SSSR count). The average molecular weight is 550 g/mol. The van der Waals surface area contributed by atoms with Crippen LogP contribution in [0.4, 0.5) is 5.95 Å². The first-order valence-corrected chi connectivity index (χ1v) is 15.1. The maximum absolute atomic E-state index is 12.0. The van der Waals surface area contributed by atoms with E-state index in [0.29, 0.717) is 5.75 Å². The molecule has 0 bridgehead atoms. The van der Waals surface area contributed by atoms with Crippen molar-refractivity contribution in [2.24, 2.45) is 17.8 Å². The Labute approximate surface area is 234 Å². The molecule has 216 valence electrons. The zero-order valence-electron chi connectivity index (χ0n) is 24.6. The van der Waals surface area contributed by atoms with Crippen molar-refractivity contribution in [1.82, 2.24) is 9.97 Å². The highest BCUT2D eigenvalue weighted by Gasteiger charge is 2.36. The maximum Gasteiger partial charge on any atom is 0.338 e. The molecule has 0 saturated carbocycles. The SMILES string of the molecule is C/C(=C\CSC(C)(C)[C@H](Nc1ncc(C(=O)O)cn1)C(=O)O)CCCC(C)CCCC(C)CCCC(C)C. The van der Waals surface area contributed by atoms with Crippen molar-refractivity contribution in [3.05, 3.63) is 29.6 Å². The van der Waals surface area contributed by atoms with Crippen LogP contribution >= 0.6 is 11.8 Å². The van der Waals surface area contributed by atoms with Gasteiger partial charge in [-0.05, 0) is 51.4 Å². The van der Waals surface area contributed by atoms with Crippen LogP contribution in [-0.2, 0) is 4.79 Å². The number of nitrogens with zero attached hydrogens (tertiary/aromatic N) is 2. The second kappa shape index (κ2) is 17.5.